The zero-order valence-corrected chi connectivity index (χ0v) is 16.3. The standard InChI is InChI=1S/C24H26N4/c1-17-10-12-27(13-11-17)16-22-24(26-23-9-8-21(25)15-28(22)23)20-7-6-18-4-2-3-5-19(18)14-20/h2-9,14-15,17H,10-13,16,25H2,1H3. The fourth-order valence-corrected chi connectivity index (χ4v) is 4.26. The predicted octanol–water partition coefficient (Wildman–Crippen LogP) is 4.97. The van der Waals surface area contributed by atoms with Crippen LogP contribution in [0.15, 0.2) is 60.8 Å². The maximum atomic E-state index is 6.10. The van der Waals surface area contributed by atoms with Crippen LogP contribution in [0.25, 0.3) is 27.7 Å². The third-order valence-electron chi connectivity index (χ3n) is 6.01. The molecule has 28 heavy (non-hydrogen) atoms. The minimum atomic E-state index is 0.767. The average Bonchev–Trinajstić information content (AvgIpc) is 3.07. The number of hydrogen-bond donors (Lipinski definition) is 1. The number of rotatable bonds is 3. The van der Waals surface area contributed by atoms with E-state index in [0.717, 1.165) is 42.6 Å². The van der Waals surface area contributed by atoms with Gasteiger partial charge in [-0.1, -0.05) is 43.3 Å². The van der Waals surface area contributed by atoms with Gasteiger partial charge in [0.05, 0.1) is 11.4 Å². The molecule has 2 N–H and O–H groups in total. The van der Waals surface area contributed by atoms with Crippen LogP contribution in [0, 0.1) is 5.92 Å². The molecule has 2 aromatic carbocycles. The molecule has 0 amide bonds. The number of anilines is 1. The Morgan fingerprint density at radius 1 is 1.00 bits per heavy atom. The summed E-state index contributed by atoms with van der Waals surface area (Å²) in [7, 11) is 0. The number of nitrogens with two attached hydrogens (primary N) is 1. The summed E-state index contributed by atoms with van der Waals surface area (Å²) in [5.74, 6) is 0.828. The molecule has 3 heterocycles. The third-order valence-corrected chi connectivity index (χ3v) is 6.01. The monoisotopic (exact) mass is 370 g/mol. The van der Waals surface area contributed by atoms with Crippen molar-refractivity contribution in [3.05, 3.63) is 66.5 Å². The molecule has 0 unspecified atom stereocenters. The van der Waals surface area contributed by atoms with E-state index in [-0.39, 0.29) is 0 Å². The van der Waals surface area contributed by atoms with Gasteiger partial charge in [0.1, 0.15) is 5.65 Å². The van der Waals surface area contributed by atoms with Crippen LogP contribution in [-0.2, 0) is 6.54 Å². The summed E-state index contributed by atoms with van der Waals surface area (Å²) < 4.78 is 2.18. The number of hydrogen-bond acceptors (Lipinski definition) is 3. The van der Waals surface area contributed by atoms with E-state index in [1.165, 1.54) is 34.9 Å². The third kappa shape index (κ3) is 3.14. The van der Waals surface area contributed by atoms with Gasteiger partial charge in [-0.3, -0.25) is 4.90 Å². The molecule has 4 aromatic rings. The van der Waals surface area contributed by atoms with E-state index in [2.05, 4.69) is 58.7 Å². The minimum absolute atomic E-state index is 0.767. The van der Waals surface area contributed by atoms with Crippen molar-refractivity contribution < 1.29 is 0 Å². The molecular weight excluding hydrogens is 344 g/mol. The van der Waals surface area contributed by atoms with Crippen LogP contribution in [0.2, 0.25) is 0 Å². The van der Waals surface area contributed by atoms with Crippen molar-refractivity contribution in [2.45, 2.75) is 26.3 Å². The molecule has 1 fully saturated rings. The summed E-state index contributed by atoms with van der Waals surface area (Å²) in [5.41, 5.74) is 11.3. The van der Waals surface area contributed by atoms with Crippen molar-refractivity contribution in [3.63, 3.8) is 0 Å². The molecule has 0 aliphatic carbocycles. The molecule has 2 aromatic heterocycles. The average molecular weight is 371 g/mol. The Labute approximate surface area is 165 Å². The lowest BCUT2D eigenvalue weighted by molar-refractivity contribution is 0.183. The van der Waals surface area contributed by atoms with Gasteiger partial charge in [-0.25, -0.2) is 4.98 Å². The largest absolute Gasteiger partial charge is 0.398 e. The number of aromatic nitrogens is 2. The molecule has 0 radical (unpaired) electrons. The fraction of sp³-hybridized carbons (Fsp3) is 0.292. The summed E-state index contributed by atoms with van der Waals surface area (Å²) in [6.45, 7) is 5.55. The van der Waals surface area contributed by atoms with Crippen LogP contribution in [0.5, 0.6) is 0 Å². The van der Waals surface area contributed by atoms with Crippen LogP contribution in [0.1, 0.15) is 25.5 Å². The van der Waals surface area contributed by atoms with Gasteiger partial charge in [-0.15, -0.1) is 0 Å². The second kappa shape index (κ2) is 6.95. The number of nitrogens with zero attached hydrogens (tertiary/aromatic N) is 3. The quantitative estimate of drug-likeness (QED) is 0.554. The Balaban J connectivity index is 1.62. The van der Waals surface area contributed by atoms with E-state index in [1.807, 2.05) is 18.3 Å². The Bertz CT molecular complexity index is 1140. The minimum Gasteiger partial charge on any atom is -0.398 e. The highest BCUT2D eigenvalue weighted by molar-refractivity contribution is 5.87. The van der Waals surface area contributed by atoms with Gasteiger partial charge in [-0.05, 0) is 60.8 Å². The van der Waals surface area contributed by atoms with E-state index in [9.17, 15) is 0 Å². The summed E-state index contributed by atoms with van der Waals surface area (Å²) in [6.07, 6.45) is 4.54. The number of nitrogen functional groups attached to an aromatic ring is 1. The van der Waals surface area contributed by atoms with Gasteiger partial charge in [0, 0.05) is 24.0 Å². The zero-order valence-electron chi connectivity index (χ0n) is 16.3. The second-order valence-corrected chi connectivity index (χ2v) is 8.12. The molecule has 0 saturated carbocycles. The van der Waals surface area contributed by atoms with Crippen LogP contribution in [-0.4, -0.2) is 27.4 Å². The Morgan fingerprint density at radius 2 is 1.79 bits per heavy atom. The Morgan fingerprint density at radius 3 is 2.61 bits per heavy atom. The molecule has 1 aliphatic rings. The Hall–Kier alpha value is -2.85. The van der Waals surface area contributed by atoms with Crippen molar-refractivity contribution in [2.24, 2.45) is 5.92 Å². The Kier molecular flexibility index (Phi) is 4.29. The summed E-state index contributed by atoms with van der Waals surface area (Å²) >= 11 is 0. The van der Waals surface area contributed by atoms with E-state index >= 15 is 0 Å². The lowest BCUT2D eigenvalue weighted by Gasteiger charge is -2.30. The highest BCUT2D eigenvalue weighted by atomic mass is 15.2. The van der Waals surface area contributed by atoms with Crippen LogP contribution in [0.3, 0.4) is 0 Å². The van der Waals surface area contributed by atoms with Crippen LogP contribution < -0.4 is 5.73 Å². The summed E-state index contributed by atoms with van der Waals surface area (Å²) in [4.78, 5) is 7.54. The van der Waals surface area contributed by atoms with Crippen molar-refractivity contribution in [1.82, 2.24) is 14.3 Å². The summed E-state index contributed by atoms with van der Waals surface area (Å²) in [6, 6.07) is 19.1. The number of fused-ring (bicyclic) bond motifs is 2. The molecule has 4 heteroatoms. The first-order chi connectivity index (χ1) is 13.7. The lowest BCUT2D eigenvalue weighted by Crippen LogP contribution is -2.32. The molecule has 4 nitrogen and oxygen atoms in total. The molecule has 1 saturated heterocycles. The smallest absolute Gasteiger partial charge is 0.137 e. The number of pyridine rings is 1. The van der Waals surface area contributed by atoms with E-state index in [0.29, 0.717) is 0 Å². The molecule has 0 spiro atoms. The highest BCUT2D eigenvalue weighted by Gasteiger charge is 2.21. The van der Waals surface area contributed by atoms with Crippen molar-refractivity contribution in [3.8, 4) is 11.3 Å². The fourth-order valence-electron chi connectivity index (χ4n) is 4.26. The molecule has 0 bridgehead atoms. The van der Waals surface area contributed by atoms with Crippen molar-refractivity contribution >= 4 is 22.1 Å². The maximum Gasteiger partial charge on any atom is 0.137 e. The van der Waals surface area contributed by atoms with Crippen LogP contribution >= 0.6 is 0 Å². The van der Waals surface area contributed by atoms with Gasteiger partial charge < -0.3 is 10.1 Å². The van der Waals surface area contributed by atoms with E-state index in [1.54, 1.807) is 0 Å². The van der Waals surface area contributed by atoms with Gasteiger partial charge in [0.25, 0.3) is 0 Å². The second-order valence-electron chi connectivity index (χ2n) is 8.12. The summed E-state index contributed by atoms with van der Waals surface area (Å²) in [5, 5.41) is 2.50. The first-order valence-corrected chi connectivity index (χ1v) is 10.2. The number of piperidine rings is 1. The molecule has 0 atom stereocenters. The van der Waals surface area contributed by atoms with Crippen LogP contribution in [0.4, 0.5) is 5.69 Å². The first-order valence-electron chi connectivity index (χ1n) is 10.2. The number of likely N-dealkylation sites (tertiary alicyclic amines) is 1. The van der Waals surface area contributed by atoms with Crippen molar-refractivity contribution in [2.75, 3.05) is 18.8 Å². The molecule has 5 rings (SSSR count). The lowest BCUT2D eigenvalue weighted by atomic mass is 9.99. The zero-order chi connectivity index (χ0) is 19.1. The van der Waals surface area contributed by atoms with Crippen molar-refractivity contribution in [1.29, 1.82) is 0 Å². The topological polar surface area (TPSA) is 46.6 Å². The van der Waals surface area contributed by atoms with E-state index < -0.39 is 0 Å². The maximum absolute atomic E-state index is 6.10. The normalized spacial score (nSPS) is 16.2. The molecular formula is C24H26N4. The van der Waals surface area contributed by atoms with Gasteiger partial charge in [-0.2, -0.15) is 0 Å². The SMILES string of the molecule is CC1CCN(Cc2c(-c3ccc4ccccc4c3)nc3ccc(N)cn23)CC1. The number of imidazole rings is 1. The highest BCUT2D eigenvalue weighted by Crippen LogP contribution is 2.30. The molecule has 142 valence electrons. The van der Waals surface area contributed by atoms with Gasteiger partial charge in [0.15, 0.2) is 0 Å². The van der Waals surface area contributed by atoms with E-state index in [4.69, 9.17) is 10.7 Å². The van der Waals surface area contributed by atoms with Gasteiger partial charge in [0.2, 0.25) is 0 Å². The predicted molar refractivity (Wildman–Crippen MR) is 116 cm³/mol. The molecule has 1 aliphatic heterocycles. The first kappa shape index (κ1) is 17.3. The van der Waals surface area contributed by atoms with Gasteiger partial charge >= 0.3 is 0 Å². The number of benzene rings is 2.